The molecule has 0 saturated heterocycles. The van der Waals surface area contributed by atoms with Gasteiger partial charge in [-0.2, -0.15) is 0 Å². The number of thiazole rings is 1. The number of hydrogen-bond donors (Lipinski definition) is 0. The van der Waals surface area contributed by atoms with Crippen molar-refractivity contribution in [2.75, 3.05) is 27.8 Å². The van der Waals surface area contributed by atoms with Crippen LogP contribution < -0.4 is 9.47 Å². The minimum absolute atomic E-state index is 0.814. The summed E-state index contributed by atoms with van der Waals surface area (Å²) in [6.07, 6.45) is 3.78. The zero-order chi connectivity index (χ0) is 20.6. The number of aromatic nitrogens is 1. The van der Waals surface area contributed by atoms with Gasteiger partial charge < -0.3 is 14.4 Å². The molecule has 0 spiro atoms. The number of benzene rings is 2. The lowest BCUT2D eigenvalue weighted by Gasteiger charge is -2.14. The van der Waals surface area contributed by atoms with E-state index in [1.807, 2.05) is 18.2 Å². The van der Waals surface area contributed by atoms with Gasteiger partial charge in [-0.25, -0.2) is 4.98 Å². The van der Waals surface area contributed by atoms with Crippen molar-refractivity contribution in [2.45, 2.75) is 32.7 Å². The third kappa shape index (κ3) is 5.58. The molecule has 3 aromatic rings. The van der Waals surface area contributed by atoms with Crippen LogP contribution in [-0.4, -0.2) is 37.7 Å². The lowest BCUT2D eigenvalue weighted by Crippen LogP contribution is -2.19. The van der Waals surface area contributed by atoms with Gasteiger partial charge in [-0.1, -0.05) is 38.0 Å². The van der Waals surface area contributed by atoms with Crippen LogP contribution in [0.15, 0.2) is 47.8 Å². The zero-order valence-corrected chi connectivity index (χ0v) is 18.6. The first-order chi connectivity index (χ1) is 14.1. The minimum Gasteiger partial charge on any atom is -0.497 e. The molecular weight excluding hydrogens is 380 g/mol. The molecule has 0 N–H and O–H groups in total. The van der Waals surface area contributed by atoms with E-state index in [1.54, 1.807) is 25.6 Å². The molecule has 0 atom stereocenters. The summed E-state index contributed by atoms with van der Waals surface area (Å²) in [6.45, 7) is 4.25. The number of rotatable bonds is 10. The third-order valence-electron chi connectivity index (χ3n) is 4.95. The summed E-state index contributed by atoms with van der Waals surface area (Å²) in [4.78, 5) is 7.23. The van der Waals surface area contributed by atoms with Crippen LogP contribution >= 0.6 is 11.3 Å². The Morgan fingerprint density at radius 1 is 1.00 bits per heavy atom. The molecule has 0 aliphatic heterocycles. The van der Waals surface area contributed by atoms with Gasteiger partial charge in [0.15, 0.2) is 0 Å². The van der Waals surface area contributed by atoms with E-state index in [2.05, 4.69) is 48.5 Å². The fraction of sp³-hybridized carbons (Fsp3) is 0.375. The summed E-state index contributed by atoms with van der Waals surface area (Å²) in [5.41, 5.74) is 4.36. The number of ether oxygens (including phenoxy) is 2. The van der Waals surface area contributed by atoms with E-state index >= 15 is 0 Å². The number of nitrogens with zero attached hydrogens (tertiary/aromatic N) is 2. The molecule has 0 fully saturated rings. The van der Waals surface area contributed by atoms with Crippen molar-refractivity contribution in [1.29, 1.82) is 0 Å². The standard InChI is InChI=1S/C24H30N2O2S/c1-5-6-7-13-26(2)16-20-17-29-24(25-20)19-10-8-9-18(14-19)22-15-21(27-3)11-12-23(22)28-4/h8-12,14-15,17H,5-7,13,16H2,1-4H3. The van der Waals surface area contributed by atoms with Crippen LogP contribution in [0.1, 0.15) is 31.9 Å². The Morgan fingerprint density at radius 2 is 1.83 bits per heavy atom. The summed E-state index contributed by atoms with van der Waals surface area (Å²) in [7, 11) is 5.54. The zero-order valence-electron chi connectivity index (χ0n) is 17.8. The molecular formula is C24H30N2O2S. The average Bonchev–Trinajstić information content (AvgIpc) is 3.22. The molecule has 5 heteroatoms. The first kappa shape index (κ1) is 21.3. The van der Waals surface area contributed by atoms with Crippen molar-refractivity contribution in [2.24, 2.45) is 0 Å². The number of hydrogen-bond acceptors (Lipinski definition) is 5. The Labute approximate surface area is 178 Å². The molecule has 0 bridgehead atoms. The van der Waals surface area contributed by atoms with Gasteiger partial charge in [0.2, 0.25) is 0 Å². The molecule has 0 aliphatic rings. The van der Waals surface area contributed by atoms with Crippen LogP contribution in [0.5, 0.6) is 11.5 Å². The molecule has 29 heavy (non-hydrogen) atoms. The highest BCUT2D eigenvalue weighted by Crippen LogP contribution is 2.35. The second kappa shape index (κ2) is 10.4. The maximum atomic E-state index is 5.56. The molecule has 0 aliphatic carbocycles. The molecule has 1 heterocycles. The molecule has 2 aromatic carbocycles. The Morgan fingerprint density at radius 3 is 2.59 bits per heavy atom. The van der Waals surface area contributed by atoms with E-state index in [0.717, 1.165) is 52.0 Å². The lowest BCUT2D eigenvalue weighted by molar-refractivity contribution is 0.315. The molecule has 4 nitrogen and oxygen atoms in total. The van der Waals surface area contributed by atoms with Gasteiger partial charge in [0, 0.05) is 23.1 Å². The second-order valence-electron chi connectivity index (χ2n) is 7.24. The third-order valence-corrected chi connectivity index (χ3v) is 5.89. The Balaban J connectivity index is 1.80. The van der Waals surface area contributed by atoms with Crippen molar-refractivity contribution in [3.63, 3.8) is 0 Å². The summed E-state index contributed by atoms with van der Waals surface area (Å²) in [5, 5.41) is 3.22. The van der Waals surface area contributed by atoms with Gasteiger partial charge in [0.25, 0.3) is 0 Å². The van der Waals surface area contributed by atoms with Crippen LogP contribution in [0.3, 0.4) is 0 Å². The first-order valence-corrected chi connectivity index (χ1v) is 11.0. The number of methoxy groups -OCH3 is 2. The molecule has 154 valence electrons. The largest absolute Gasteiger partial charge is 0.497 e. The van der Waals surface area contributed by atoms with Crippen molar-refractivity contribution >= 4 is 11.3 Å². The van der Waals surface area contributed by atoms with Crippen molar-refractivity contribution < 1.29 is 9.47 Å². The van der Waals surface area contributed by atoms with E-state index in [1.165, 1.54) is 19.3 Å². The van der Waals surface area contributed by atoms with Crippen LogP contribution in [0.2, 0.25) is 0 Å². The van der Waals surface area contributed by atoms with E-state index < -0.39 is 0 Å². The van der Waals surface area contributed by atoms with E-state index in [4.69, 9.17) is 14.5 Å². The van der Waals surface area contributed by atoms with Crippen LogP contribution in [0, 0.1) is 0 Å². The maximum absolute atomic E-state index is 5.56. The van der Waals surface area contributed by atoms with Crippen molar-refractivity contribution in [3.05, 3.63) is 53.5 Å². The van der Waals surface area contributed by atoms with Crippen LogP contribution in [-0.2, 0) is 6.54 Å². The summed E-state index contributed by atoms with van der Waals surface area (Å²) >= 11 is 1.70. The van der Waals surface area contributed by atoms with Gasteiger partial charge >= 0.3 is 0 Å². The van der Waals surface area contributed by atoms with Gasteiger partial charge in [0.1, 0.15) is 16.5 Å². The highest BCUT2D eigenvalue weighted by molar-refractivity contribution is 7.13. The monoisotopic (exact) mass is 410 g/mol. The second-order valence-corrected chi connectivity index (χ2v) is 8.09. The van der Waals surface area contributed by atoms with Gasteiger partial charge in [-0.3, -0.25) is 0 Å². The topological polar surface area (TPSA) is 34.6 Å². The highest BCUT2D eigenvalue weighted by Gasteiger charge is 2.11. The van der Waals surface area contributed by atoms with E-state index in [9.17, 15) is 0 Å². The minimum atomic E-state index is 0.814. The molecule has 3 rings (SSSR count). The molecule has 0 amide bonds. The Kier molecular flexibility index (Phi) is 7.67. The average molecular weight is 411 g/mol. The fourth-order valence-corrected chi connectivity index (χ4v) is 4.17. The Bertz CT molecular complexity index is 923. The SMILES string of the molecule is CCCCCN(C)Cc1csc(-c2cccc(-c3cc(OC)ccc3OC)c2)n1. The fourth-order valence-electron chi connectivity index (χ4n) is 3.36. The van der Waals surface area contributed by atoms with Crippen molar-refractivity contribution in [1.82, 2.24) is 9.88 Å². The lowest BCUT2D eigenvalue weighted by atomic mass is 10.0. The Hall–Kier alpha value is -2.37. The number of unbranched alkanes of at least 4 members (excludes halogenated alkanes) is 2. The predicted molar refractivity (Wildman–Crippen MR) is 122 cm³/mol. The van der Waals surface area contributed by atoms with Gasteiger partial charge in [0.05, 0.1) is 19.9 Å². The van der Waals surface area contributed by atoms with E-state index in [0.29, 0.717) is 0 Å². The van der Waals surface area contributed by atoms with E-state index in [-0.39, 0.29) is 0 Å². The highest BCUT2D eigenvalue weighted by atomic mass is 32.1. The molecule has 1 aromatic heterocycles. The van der Waals surface area contributed by atoms with Crippen molar-refractivity contribution in [3.8, 4) is 33.2 Å². The molecule has 0 unspecified atom stereocenters. The summed E-state index contributed by atoms with van der Waals surface area (Å²) in [6, 6.07) is 14.3. The summed E-state index contributed by atoms with van der Waals surface area (Å²) < 4.78 is 11.0. The van der Waals surface area contributed by atoms with Gasteiger partial charge in [-0.05, 0) is 49.8 Å². The van der Waals surface area contributed by atoms with Crippen LogP contribution in [0.4, 0.5) is 0 Å². The predicted octanol–water partition coefficient (Wildman–Crippen LogP) is 6.12. The molecule has 0 saturated carbocycles. The molecule has 0 radical (unpaired) electrons. The quantitative estimate of drug-likeness (QED) is 0.377. The normalized spacial score (nSPS) is 11.1. The maximum Gasteiger partial charge on any atom is 0.126 e. The van der Waals surface area contributed by atoms with Crippen LogP contribution in [0.25, 0.3) is 21.7 Å². The summed E-state index contributed by atoms with van der Waals surface area (Å²) in [5.74, 6) is 1.64. The smallest absolute Gasteiger partial charge is 0.126 e. The van der Waals surface area contributed by atoms with Gasteiger partial charge in [-0.15, -0.1) is 11.3 Å². The first-order valence-electron chi connectivity index (χ1n) is 10.1.